The largest absolute Gasteiger partial charge is 0.488 e. The standard InChI is InChI=1S/C26H25N7O2S/c27-25-23-24(32-33(26(23)31-15-30-25)18-8-10-28-11-9-18)17-4-6-19(7-5-17)35-21-3-1-2-20(12-21)34-14-22-13-29-16-36-22/h1-7,12-13,15-16,18,28H,8-11,14H2,(H2,27,30,31). The van der Waals surface area contributed by atoms with E-state index in [0.717, 1.165) is 58.8 Å². The van der Waals surface area contributed by atoms with Gasteiger partial charge < -0.3 is 20.5 Å². The van der Waals surface area contributed by atoms with Crippen LogP contribution in [-0.2, 0) is 6.61 Å². The molecular weight excluding hydrogens is 474 g/mol. The van der Waals surface area contributed by atoms with Crippen molar-refractivity contribution in [3.8, 4) is 28.5 Å². The van der Waals surface area contributed by atoms with E-state index in [1.54, 1.807) is 16.8 Å². The van der Waals surface area contributed by atoms with E-state index in [-0.39, 0.29) is 6.04 Å². The number of nitrogens with one attached hydrogen (secondary N) is 1. The Hall–Kier alpha value is -4.02. The zero-order valence-corrected chi connectivity index (χ0v) is 20.3. The number of nitrogen functional groups attached to an aromatic ring is 1. The molecule has 0 aliphatic carbocycles. The van der Waals surface area contributed by atoms with Crippen LogP contribution in [0.15, 0.2) is 66.6 Å². The highest BCUT2D eigenvalue weighted by Gasteiger charge is 2.23. The molecule has 1 aliphatic heterocycles. The fourth-order valence-electron chi connectivity index (χ4n) is 4.42. The summed E-state index contributed by atoms with van der Waals surface area (Å²) in [6.45, 7) is 2.41. The summed E-state index contributed by atoms with van der Waals surface area (Å²) in [5, 5.41) is 9.15. The molecule has 182 valence electrons. The van der Waals surface area contributed by atoms with Gasteiger partial charge in [0.1, 0.15) is 41.7 Å². The van der Waals surface area contributed by atoms with Crippen LogP contribution < -0.4 is 20.5 Å². The van der Waals surface area contributed by atoms with E-state index in [9.17, 15) is 0 Å². The fraction of sp³-hybridized carbons (Fsp3) is 0.231. The molecule has 4 heterocycles. The van der Waals surface area contributed by atoms with Gasteiger partial charge in [-0.1, -0.05) is 6.07 Å². The molecule has 3 aromatic heterocycles. The first-order valence-corrected chi connectivity index (χ1v) is 12.7. The van der Waals surface area contributed by atoms with Crippen LogP contribution >= 0.6 is 11.3 Å². The predicted molar refractivity (Wildman–Crippen MR) is 139 cm³/mol. The number of piperidine rings is 1. The average molecular weight is 500 g/mol. The van der Waals surface area contributed by atoms with Gasteiger partial charge in [0.05, 0.1) is 21.8 Å². The van der Waals surface area contributed by atoms with Gasteiger partial charge in [-0.05, 0) is 62.3 Å². The maximum Gasteiger partial charge on any atom is 0.164 e. The number of nitrogens with two attached hydrogens (primary N) is 1. The Balaban J connectivity index is 1.23. The van der Waals surface area contributed by atoms with E-state index in [0.29, 0.717) is 23.9 Å². The van der Waals surface area contributed by atoms with E-state index < -0.39 is 0 Å². The smallest absolute Gasteiger partial charge is 0.164 e. The van der Waals surface area contributed by atoms with E-state index >= 15 is 0 Å². The van der Waals surface area contributed by atoms with Crippen molar-refractivity contribution in [3.05, 3.63) is 71.4 Å². The first kappa shape index (κ1) is 22.4. The zero-order chi connectivity index (χ0) is 24.3. The molecule has 1 aliphatic rings. The van der Waals surface area contributed by atoms with Crippen LogP contribution in [0.3, 0.4) is 0 Å². The second-order valence-electron chi connectivity index (χ2n) is 8.59. The number of thiazole rings is 1. The molecule has 0 radical (unpaired) electrons. The Bertz CT molecular complexity index is 1460. The summed E-state index contributed by atoms with van der Waals surface area (Å²) < 4.78 is 14.0. The molecule has 1 fully saturated rings. The number of hydrogen-bond donors (Lipinski definition) is 2. The molecule has 5 aromatic rings. The summed E-state index contributed by atoms with van der Waals surface area (Å²) >= 11 is 1.57. The van der Waals surface area contributed by atoms with Crippen LogP contribution in [0, 0.1) is 0 Å². The molecule has 6 rings (SSSR count). The third-order valence-electron chi connectivity index (χ3n) is 6.21. The predicted octanol–water partition coefficient (Wildman–Crippen LogP) is 4.83. The van der Waals surface area contributed by atoms with Gasteiger partial charge in [-0.3, -0.25) is 4.98 Å². The lowest BCUT2D eigenvalue weighted by Gasteiger charge is -2.23. The number of ether oxygens (including phenoxy) is 2. The van der Waals surface area contributed by atoms with Crippen molar-refractivity contribution in [1.82, 2.24) is 30.0 Å². The monoisotopic (exact) mass is 499 g/mol. The lowest BCUT2D eigenvalue weighted by atomic mass is 10.1. The van der Waals surface area contributed by atoms with Crippen molar-refractivity contribution in [2.45, 2.75) is 25.5 Å². The third-order valence-corrected chi connectivity index (χ3v) is 6.96. The minimum absolute atomic E-state index is 0.282. The van der Waals surface area contributed by atoms with Crippen molar-refractivity contribution in [1.29, 1.82) is 0 Å². The highest BCUT2D eigenvalue weighted by Crippen LogP contribution is 2.35. The molecule has 9 nitrogen and oxygen atoms in total. The Morgan fingerprint density at radius 1 is 1.03 bits per heavy atom. The maximum atomic E-state index is 6.28. The molecular formula is C26H25N7O2S. The van der Waals surface area contributed by atoms with Crippen LogP contribution in [0.1, 0.15) is 23.8 Å². The molecule has 0 spiro atoms. The van der Waals surface area contributed by atoms with Crippen LogP contribution in [-0.4, -0.2) is 37.8 Å². The Labute approximate surface area is 211 Å². The van der Waals surface area contributed by atoms with E-state index in [1.165, 1.54) is 6.33 Å². The molecule has 0 atom stereocenters. The Kier molecular flexibility index (Phi) is 6.18. The minimum Gasteiger partial charge on any atom is -0.488 e. The second kappa shape index (κ2) is 9.92. The molecule has 36 heavy (non-hydrogen) atoms. The second-order valence-corrected chi connectivity index (χ2v) is 9.56. The molecule has 0 saturated carbocycles. The molecule has 2 aromatic carbocycles. The highest BCUT2D eigenvalue weighted by atomic mass is 32.1. The minimum atomic E-state index is 0.282. The zero-order valence-electron chi connectivity index (χ0n) is 19.5. The van der Waals surface area contributed by atoms with E-state index in [2.05, 4.69) is 20.3 Å². The first-order valence-electron chi connectivity index (χ1n) is 11.8. The molecule has 10 heteroatoms. The summed E-state index contributed by atoms with van der Waals surface area (Å²) in [6, 6.07) is 15.7. The van der Waals surface area contributed by atoms with Gasteiger partial charge in [0, 0.05) is 17.8 Å². The van der Waals surface area contributed by atoms with Crippen molar-refractivity contribution in [2.75, 3.05) is 18.8 Å². The fourth-order valence-corrected chi connectivity index (χ4v) is 4.92. The van der Waals surface area contributed by atoms with Gasteiger partial charge >= 0.3 is 0 Å². The number of rotatable bonds is 7. The molecule has 3 N–H and O–H groups in total. The van der Waals surface area contributed by atoms with Gasteiger partial charge in [0.2, 0.25) is 0 Å². The SMILES string of the molecule is Nc1ncnc2c1c(-c1ccc(Oc3cccc(OCc4cncs4)c3)cc1)nn2C1CCNCC1. The van der Waals surface area contributed by atoms with E-state index in [1.807, 2.05) is 59.4 Å². The van der Waals surface area contributed by atoms with Gasteiger partial charge in [0.25, 0.3) is 0 Å². The number of benzene rings is 2. The van der Waals surface area contributed by atoms with Crippen molar-refractivity contribution in [3.63, 3.8) is 0 Å². The maximum absolute atomic E-state index is 6.28. The summed E-state index contributed by atoms with van der Waals surface area (Å²) in [6.07, 6.45) is 5.32. The van der Waals surface area contributed by atoms with Crippen LogP contribution in [0.4, 0.5) is 5.82 Å². The number of aromatic nitrogens is 5. The van der Waals surface area contributed by atoms with Gasteiger partial charge in [0.15, 0.2) is 5.65 Å². The molecule has 1 saturated heterocycles. The summed E-state index contributed by atoms with van der Waals surface area (Å²) in [5.41, 5.74) is 10.6. The van der Waals surface area contributed by atoms with Crippen molar-refractivity contribution in [2.24, 2.45) is 0 Å². The number of fused-ring (bicyclic) bond motifs is 1. The lowest BCUT2D eigenvalue weighted by Crippen LogP contribution is -2.30. The normalized spacial score (nSPS) is 14.2. The summed E-state index contributed by atoms with van der Waals surface area (Å²) in [5.74, 6) is 2.58. The van der Waals surface area contributed by atoms with Crippen LogP contribution in [0.25, 0.3) is 22.3 Å². The Morgan fingerprint density at radius 3 is 2.67 bits per heavy atom. The molecule has 0 bridgehead atoms. The van der Waals surface area contributed by atoms with Crippen molar-refractivity contribution >= 4 is 28.2 Å². The number of hydrogen-bond acceptors (Lipinski definition) is 9. The van der Waals surface area contributed by atoms with Crippen LogP contribution in [0.2, 0.25) is 0 Å². The molecule has 0 amide bonds. The quantitative estimate of drug-likeness (QED) is 0.327. The molecule has 0 unspecified atom stereocenters. The summed E-state index contributed by atoms with van der Waals surface area (Å²) in [7, 11) is 0. The van der Waals surface area contributed by atoms with E-state index in [4.69, 9.17) is 20.3 Å². The van der Waals surface area contributed by atoms with Crippen molar-refractivity contribution < 1.29 is 9.47 Å². The lowest BCUT2D eigenvalue weighted by molar-refractivity contribution is 0.308. The van der Waals surface area contributed by atoms with Gasteiger partial charge in [-0.15, -0.1) is 11.3 Å². The van der Waals surface area contributed by atoms with Crippen LogP contribution in [0.5, 0.6) is 17.2 Å². The third kappa shape index (κ3) is 4.60. The first-order chi connectivity index (χ1) is 17.7. The Morgan fingerprint density at radius 2 is 1.86 bits per heavy atom. The number of anilines is 1. The summed E-state index contributed by atoms with van der Waals surface area (Å²) in [4.78, 5) is 13.9. The topological polar surface area (TPSA) is 113 Å². The highest BCUT2D eigenvalue weighted by molar-refractivity contribution is 7.09. The average Bonchev–Trinajstić information content (AvgIpc) is 3.58. The number of nitrogens with zero attached hydrogens (tertiary/aromatic N) is 5. The van der Waals surface area contributed by atoms with Gasteiger partial charge in [-0.2, -0.15) is 5.10 Å². The van der Waals surface area contributed by atoms with Gasteiger partial charge in [-0.25, -0.2) is 14.6 Å².